The van der Waals surface area contributed by atoms with E-state index in [1.54, 1.807) is 42.3 Å². The zero-order valence-corrected chi connectivity index (χ0v) is 15.5. The van der Waals surface area contributed by atoms with Crippen molar-refractivity contribution in [2.75, 3.05) is 23.9 Å². The van der Waals surface area contributed by atoms with Gasteiger partial charge in [0.1, 0.15) is 5.75 Å². The van der Waals surface area contributed by atoms with Crippen molar-refractivity contribution < 1.29 is 14.3 Å². The molecule has 0 aromatic heterocycles. The van der Waals surface area contributed by atoms with Crippen LogP contribution >= 0.6 is 15.9 Å². The number of ether oxygens (including phenoxy) is 1. The van der Waals surface area contributed by atoms with Crippen LogP contribution in [-0.2, 0) is 4.79 Å². The first kappa shape index (κ1) is 17.5. The van der Waals surface area contributed by atoms with Crippen LogP contribution in [0.15, 0.2) is 46.9 Å². The van der Waals surface area contributed by atoms with Crippen LogP contribution in [0.4, 0.5) is 11.4 Å². The molecule has 0 atom stereocenters. The quantitative estimate of drug-likeness (QED) is 0.832. The molecule has 25 heavy (non-hydrogen) atoms. The van der Waals surface area contributed by atoms with Gasteiger partial charge in [0.05, 0.1) is 12.8 Å². The number of carbonyl (C=O) groups is 2. The Morgan fingerprint density at radius 3 is 2.60 bits per heavy atom. The zero-order chi connectivity index (χ0) is 17.8. The van der Waals surface area contributed by atoms with Gasteiger partial charge >= 0.3 is 0 Å². The molecular weight excluding hydrogens is 384 g/mol. The number of rotatable bonds is 4. The Balaban J connectivity index is 1.84. The average molecular weight is 403 g/mol. The maximum atomic E-state index is 12.4. The van der Waals surface area contributed by atoms with Crippen molar-refractivity contribution in [3.05, 3.63) is 52.5 Å². The van der Waals surface area contributed by atoms with E-state index < -0.39 is 0 Å². The van der Waals surface area contributed by atoms with Crippen molar-refractivity contribution in [1.29, 1.82) is 0 Å². The molecule has 2 aromatic rings. The first-order chi connectivity index (χ1) is 12.1. The molecule has 6 heteroatoms. The van der Waals surface area contributed by atoms with Gasteiger partial charge in [-0.25, -0.2) is 0 Å². The van der Waals surface area contributed by atoms with Crippen LogP contribution in [0.2, 0.25) is 0 Å². The smallest absolute Gasteiger partial charge is 0.255 e. The number of benzene rings is 2. The van der Waals surface area contributed by atoms with Gasteiger partial charge in [-0.05, 0) is 55.3 Å². The minimum Gasteiger partial charge on any atom is -0.495 e. The minimum absolute atomic E-state index is 0.0842. The second kappa shape index (κ2) is 7.70. The second-order valence-electron chi connectivity index (χ2n) is 5.85. The van der Waals surface area contributed by atoms with E-state index in [1.807, 2.05) is 12.1 Å². The standard InChI is InChI=1S/C19H19BrN2O3/c1-25-17-10-9-15(12-16(17)22-11-3-2-4-18(22)23)21-19(24)13-5-7-14(20)8-6-13/h5-10,12H,2-4,11H2,1H3,(H,21,24). The second-order valence-corrected chi connectivity index (χ2v) is 6.77. The molecule has 3 rings (SSSR count). The van der Waals surface area contributed by atoms with Crippen molar-refractivity contribution in [3.63, 3.8) is 0 Å². The third kappa shape index (κ3) is 4.02. The number of piperidine rings is 1. The molecule has 1 aliphatic rings. The van der Waals surface area contributed by atoms with Gasteiger partial charge in [0.15, 0.2) is 0 Å². The highest BCUT2D eigenvalue weighted by molar-refractivity contribution is 9.10. The predicted molar refractivity (Wildman–Crippen MR) is 101 cm³/mol. The van der Waals surface area contributed by atoms with Gasteiger partial charge in [-0.15, -0.1) is 0 Å². The molecule has 0 spiro atoms. The van der Waals surface area contributed by atoms with Gasteiger partial charge in [-0.1, -0.05) is 15.9 Å². The fourth-order valence-electron chi connectivity index (χ4n) is 2.84. The van der Waals surface area contributed by atoms with Gasteiger partial charge < -0.3 is 15.0 Å². The summed E-state index contributed by atoms with van der Waals surface area (Å²) in [7, 11) is 1.58. The number of methoxy groups -OCH3 is 1. The predicted octanol–water partition coefficient (Wildman–Crippen LogP) is 4.23. The number of amides is 2. The third-order valence-corrected chi connectivity index (χ3v) is 4.69. The lowest BCUT2D eigenvalue weighted by atomic mass is 10.1. The topological polar surface area (TPSA) is 58.6 Å². The van der Waals surface area contributed by atoms with E-state index in [4.69, 9.17) is 4.74 Å². The summed E-state index contributed by atoms with van der Waals surface area (Å²) in [6, 6.07) is 12.5. The van der Waals surface area contributed by atoms with Crippen molar-refractivity contribution >= 4 is 39.1 Å². The first-order valence-electron chi connectivity index (χ1n) is 8.14. The molecule has 0 saturated carbocycles. The van der Waals surface area contributed by atoms with E-state index in [-0.39, 0.29) is 11.8 Å². The summed E-state index contributed by atoms with van der Waals surface area (Å²) in [5.74, 6) is 0.506. The lowest BCUT2D eigenvalue weighted by Gasteiger charge is -2.28. The van der Waals surface area contributed by atoms with Crippen molar-refractivity contribution in [1.82, 2.24) is 0 Å². The van der Waals surface area contributed by atoms with Crippen molar-refractivity contribution in [3.8, 4) is 5.75 Å². The largest absolute Gasteiger partial charge is 0.495 e. The van der Waals surface area contributed by atoms with Crippen molar-refractivity contribution in [2.45, 2.75) is 19.3 Å². The maximum Gasteiger partial charge on any atom is 0.255 e. The molecule has 2 aromatic carbocycles. The molecule has 0 unspecified atom stereocenters. The monoisotopic (exact) mass is 402 g/mol. The number of halogens is 1. The van der Waals surface area contributed by atoms with Crippen LogP contribution in [0.1, 0.15) is 29.6 Å². The number of hydrogen-bond donors (Lipinski definition) is 1. The normalized spacial score (nSPS) is 14.3. The summed E-state index contributed by atoms with van der Waals surface area (Å²) < 4.78 is 6.31. The first-order valence-corrected chi connectivity index (χ1v) is 8.93. The Labute approximate surface area is 155 Å². The van der Waals surface area contributed by atoms with Gasteiger partial charge in [-0.2, -0.15) is 0 Å². The van der Waals surface area contributed by atoms with Crippen LogP contribution < -0.4 is 15.0 Å². The lowest BCUT2D eigenvalue weighted by molar-refractivity contribution is -0.119. The molecule has 130 valence electrons. The average Bonchev–Trinajstić information content (AvgIpc) is 2.62. The van der Waals surface area contributed by atoms with Crippen LogP contribution in [0.3, 0.4) is 0 Å². The van der Waals surface area contributed by atoms with Crippen LogP contribution in [0.25, 0.3) is 0 Å². The molecule has 0 aliphatic carbocycles. The molecule has 1 saturated heterocycles. The van der Waals surface area contributed by atoms with E-state index in [2.05, 4.69) is 21.2 Å². The maximum absolute atomic E-state index is 12.4. The fourth-order valence-corrected chi connectivity index (χ4v) is 3.11. The molecule has 0 bridgehead atoms. The summed E-state index contributed by atoms with van der Waals surface area (Å²) >= 11 is 3.35. The summed E-state index contributed by atoms with van der Waals surface area (Å²) in [4.78, 5) is 26.4. The Hall–Kier alpha value is -2.34. The Morgan fingerprint density at radius 1 is 1.16 bits per heavy atom. The van der Waals surface area contributed by atoms with E-state index in [0.29, 0.717) is 35.7 Å². The van der Waals surface area contributed by atoms with E-state index in [9.17, 15) is 9.59 Å². The van der Waals surface area contributed by atoms with Gasteiger partial charge in [0, 0.05) is 28.7 Å². The number of anilines is 2. The molecule has 1 aliphatic heterocycles. The molecule has 1 fully saturated rings. The number of hydrogen-bond acceptors (Lipinski definition) is 3. The zero-order valence-electron chi connectivity index (χ0n) is 13.9. The molecular formula is C19H19BrN2O3. The van der Waals surface area contributed by atoms with Gasteiger partial charge in [-0.3, -0.25) is 9.59 Å². The summed E-state index contributed by atoms with van der Waals surface area (Å²) in [6.07, 6.45) is 2.42. The summed E-state index contributed by atoms with van der Waals surface area (Å²) in [6.45, 7) is 0.666. The Morgan fingerprint density at radius 2 is 1.92 bits per heavy atom. The molecule has 0 radical (unpaired) electrons. The van der Waals surface area contributed by atoms with E-state index in [0.717, 1.165) is 17.3 Å². The van der Waals surface area contributed by atoms with Gasteiger partial charge in [0.2, 0.25) is 5.91 Å². The van der Waals surface area contributed by atoms with Crippen molar-refractivity contribution in [2.24, 2.45) is 0 Å². The van der Waals surface area contributed by atoms with Crippen LogP contribution in [-0.4, -0.2) is 25.5 Å². The minimum atomic E-state index is -0.200. The Bertz CT molecular complexity index is 790. The lowest BCUT2D eigenvalue weighted by Crippen LogP contribution is -2.35. The van der Waals surface area contributed by atoms with E-state index in [1.165, 1.54) is 0 Å². The van der Waals surface area contributed by atoms with Gasteiger partial charge in [0.25, 0.3) is 5.91 Å². The fraction of sp³-hybridized carbons (Fsp3) is 0.263. The highest BCUT2D eigenvalue weighted by Gasteiger charge is 2.23. The van der Waals surface area contributed by atoms with E-state index >= 15 is 0 Å². The molecule has 1 heterocycles. The Kier molecular flexibility index (Phi) is 5.38. The van der Waals surface area contributed by atoms with Crippen LogP contribution in [0, 0.1) is 0 Å². The summed E-state index contributed by atoms with van der Waals surface area (Å²) in [5.41, 5.74) is 1.89. The highest BCUT2D eigenvalue weighted by Crippen LogP contribution is 2.33. The SMILES string of the molecule is COc1ccc(NC(=O)c2ccc(Br)cc2)cc1N1CCCCC1=O. The number of nitrogens with one attached hydrogen (secondary N) is 1. The summed E-state index contributed by atoms with van der Waals surface area (Å²) in [5, 5.41) is 2.88. The molecule has 1 N–H and O–H groups in total. The third-order valence-electron chi connectivity index (χ3n) is 4.16. The molecule has 5 nitrogen and oxygen atoms in total. The highest BCUT2D eigenvalue weighted by atomic mass is 79.9. The number of nitrogens with zero attached hydrogens (tertiary/aromatic N) is 1. The molecule has 2 amide bonds. The van der Waals surface area contributed by atoms with Crippen LogP contribution in [0.5, 0.6) is 5.75 Å². The number of carbonyl (C=O) groups excluding carboxylic acids is 2.